The summed E-state index contributed by atoms with van der Waals surface area (Å²) in [4.78, 5) is 27.6. The number of amides is 2. The molecule has 0 aliphatic rings. The summed E-state index contributed by atoms with van der Waals surface area (Å²) in [5.41, 5.74) is -0.815. The van der Waals surface area contributed by atoms with Gasteiger partial charge in [0, 0.05) is 17.6 Å². The number of sulfonamides is 1. The molecule has 0 aromatic heterocycles. The third-order valence-corrected chi connectivity index (χ3v) is 7.98. The van der Waals surface area contributed by atoms with Gasteiger partial charge in [-0.05, 0) is 68.8 Å². The predicted octanol–water partition coefficient (Wildman–Crippen LogP) is 5.50. The molecule has 2 amide bonds. The second-order valence-corrected chi connectivity index (χ2v) is 11.7. The van der Waals surface area contributed by atoms with Crippen LogP contribution in [0.2, 0.25) is 5.02 Å². The molecule has 0 heterocycles. The number of benzene rings is 3. The van der Waals surface area contributed by atoms with Crippen molar-refractivity contribution in [2.45, 2.75) is 50.5 Å². The zero-order valence-electron chi connectivity index (χ0n) is 22.0. The summed E-state index contributed by atoms with van der Waals surface area (Å²) in [5.74, 6) is -1.27. The number of rotatable bonds is 10. The van der Waals surface area contributed by atoms with Gasteiger partial charge in [0.2, 0.25) is 11.8 Å². The van der Waals surface area contributed by atoms with Crippen molar-refractivity contribution in [3.8, 4) is 0 Å². The maximum atomic E-state index is 13.8. The van der Waals surface area contributed by atoms with Gasteiger partial charge in [-0.2, -0.15) is 13.2 Å². The van der Waals surface area contributed by atoms with E-state index < -0.39 is 46.2 Å². The minimum Gasteiger partial charge on any atom is -0.352 e. The van der Waals surface area contributed by atoms with Crippen molar-refractivity contribution in [2.75, 3.05) is 10.8 Å². The molecule has 0 aliphatic heterocycles. The monoisotopic (exact) mass is 595 g/mol. The van der Waals surface area contributed by atoms with E-state index in [9.17, 15) is 31.2 Å². The molecule has 0 fully saturated rings. The number of hydrogen-bond acceptors (Lipinski definition) is 4. The first-order chi connectivity index (χ1) is 18.7. The van der Waals surface area contributed by atoms with Crippen molar-refractivity contribution in [3.05, 3.63) is 95.0 Å². The lowest BCUT2D eigenvalue weighted by Crippen LogP contribution is -2.52. The summed E-state index contributed by atoms with van der Waals surface area (Å²) < 4.78 is 68.5. The van der Waals surface area contributed by atoms with Gasteiger partial charge in [-0.25, -0.2) is 8.42 Å². The van der Waals surface area contributed by atoms with Crippen molar-refractivity contribution in [1.29, 1.82) is 0 Å². The molecule has 3 aromatic carbocycles. The molecule has 0 saturated carbocycles. The van der Waals surface area contributed by atoms with Gasteiger partial charge in [-0.1, -0.05) is 48.0 Å². The summed E-state index contributed by atoms with van der Waals surface area (Å²) in [5, 5.41) is 3.18. The van der Waals surface area contributed by atoms with E-state index in [1.165, 1.54) is 42.2 Å². The molecule has 1 atom stereocenters. The first-order valence-electron chi connectivity index (χ1n) is 12.3. The fourth-order valence-electron chi connectivity index (χ4n) is 3.86. The lowest BCUT2D eigenvalue weighted by Gasteiger charge is -2.32. The Hall–Kier alpha value is -3.57. The van der Waals surface area contributed by atoms with Crippen LogP contribution in [0.1, 0.15) is 31.9 Å². The average molecular weight is 596 g/mol. The van der Waals surface area contributed by atoms with Crippen molar-refractivity contribution in [2.24, 2.45) is 0 Å². The molecule has 0 aliphatic carbocycles. The van der Waals surface area contributed by atoms with Gasteiger partial charge in [-0.3, -0.25) is 13.9 Å². The van der Waals surface area contributed by atoms with Crippen LogP contribution in [-0.4, -0.2) is 43.8 Å². The molecule has 0 unspecified atom stereocenters. The molecular weight excluding hydrogens is 567 g/mol. The van der Waals surface area contributed by atoms with Crippen molar-refractivity contribution in [1.82, 2.24) is 10.2 Å². The molecule has 0 radical (unpaired) electrons. The Labute approximate surface area is 236 Å². The van der Waals surface area contributed by atoms with Crippen molar-refractivity contribution < 1.29 is 31.2 Å². The Kier molecular flexibility index (Phi) is 9.86. The Bertz CT molecular complexity index is 1430. The molecule has 0 spiro atoms. The summed E-state index contributed by atoms with van der Waals surface area (Å²) >= 11 is 5.97. The highest BCUT2D eigenvalue weighted by atomic mass is 35.5. The predicted molar refractivity (Wildman–Crippen MR) is 147 cm³/mol. The molecule has 3 rings (SSSR count). The summed E-state index contributed by atoms with van der Waals surface area (Å²) in [6.45, 7) is 4.05. The Morgan fingerprint density at radius 3 is 2.12 bits per heavy atom. The number of carbonyl (C=O) groups is 2. The number of nitrogens with zero attached hydrogens (tertiary/aromatic N) is 2. The minimum atomic E-state index is -4.74. The van der Waals surface area contributed by atoms with E-state index in [-0.39, 0.29) is 23.2 Å². The maximum Gasteiger partial charge on any atom is 0.416 e. The fourth-order valence-corrected chi connectivity index (χ4v) is 5.41. The summed E-state index contributed by atoms with van der Waals surface area (Å²) in [6.07, 6.45) is -4.74. The van der Waals surface area contributed by atoms with Crippen LogP contribution in [0.4, 0.5) is 18.9 Å². The van der Waals surface area contributed by atoms with Crippen LogP contribution >= 0.6 is 11.6 Å². The molecule has 0 saturated heterocycles. The zero-order chi connectivity index (χ0) is 29.7. The van der Waals surface area contributed by atoms with Gasteiger partial charge < -0.3 is 10.2 Å². The van der Waals surface area contributed by atoms with Gasteiger partial charge in [-0.15, -0.1) is 0 Å². The molecule has 12 heteroatoms. The lowest BCUT2D eigenvalue weighted by molar-refractivity contribution is -0.139. The Morgan fingerprint density at radius 1 is 0.925 bits per heavy atom. The third kappa shape index (κ3) is 7.76. The molecular formula is C28H29ClF3N3O4S. The van der Waals surface area contributed by atoms with Gasteiger partial charge in [0.15, 0.2) is 0 Å². The molecule has 0 bridgehead atoms. The summed E-state index contributed by atoms with van der Waals surface area (Å²) in [6, 6.07) is 16.1. The highest BCUT2D eigenvalue weighted by Crippen LogP contribution is 2.33. The zero-order valence-corrected chi connectivity index (χ0v) is 23.6. The number of carbonyl (C=O) groups excluding carboxylic acids is 2. The smallest absolute Gasteiger partial charge is 0.352 e. The Morgan fingerprint density at radius 2 is 1.55 bits per heavy atom. The van der Waals surface area contributed by atoms with E-state index in [1.807, 2.05) is 0 Å². The second-order valence-electron chi connectivity index (χ2n) is 9.36. The van der Waals surface area contributed by atoms with Gasteiger partial charge in [0.05, 0.1) is 16.1 Å². The number of halogens is 4. The SMILES string of the molecule is CC(C)NC(=O)[C@H](C)N(Cc1ccc(Cl)cc1)C(=O)CN(c1cccc(C(F)(F)F)c1)S(=O)(=O)c1ccccc1. The number of hydrogen-bond donors (Lipinski definition) is 1. The van der Waals surface area contributed by atoms with Crippen LogP contribution in [0.25, 0.3) is 0 Å². The topological polar surface area (TPSA) is 86.8 Å². The average Bonchev–Trinajstić information content (AvgIpc) is 2.90. The lowest BCUT2D eigenvalue weighted by atomic mass is 10.1. The molecule has 1 N–H and O–H groups in total. The standard InChI is InChI=1S/C28H29ClF3N3O4S/c1-19(2)33-27(37)20(3)34(17-21-12-14-23(29)15-13-21)26(36)18-35(40(38,39)25-10-5-4-6-11-25)24-9-7-8-22(16-24)28(30,31)32/h4-16,19-20H,17-18H2,1-3H3,(H,33,37)/t20-/m0/s1. The highest BCUT2D eigenvalue weighted by molar-refractivity contribution is 7.92. The molecule has 7 nitrogen and oxygen atoms in total. The Balaban J connectivity index is 2.07. The largest absolute Gasteiger partial charge is 0.416 e. The van der Waals surface area contributed by atoms with Crippen molar-refractivity contribution in [3.63, 3.8) is 0 Å². The van der Waals surface area contributed by atoms with E-state index in [2.05, 4.69) is 5.32 Å². The van der Waals surface area contributed by atoms with Gasteiger partial charge >= 0.3 is 6.18 Å². The minimum absolute atomic E-state index is 0.0789. The van der Waals surface area contributed by atoms with Crippen LogP contribution in [0.15, 0.2) is 83.8 Å². The molecule has 214 valence electrons. The summed E-state index contributed by atoms with van der Waals surface area (Å²) in [7, 11) is -4.49. The van der Waals surface area contributed by atoms with E-state index in [0.717, 1.165) is 12.1 Å². The van der Waals surface area contributed by atoms with Gasteiger partial charge in [0.1, 0.15) is 12.6 Å². The van der Waals surface area contributed by atoms with Crippen LogP contribution in [0.3, 0.4) is 0 Å². The number of anilines is 1. The third-order valence-electron chi connectivity index (χ3n) is 5.94. The van der Waals surface area contributed by atoms with Crippen LogP contribution in [0.5, 0.6) is 0 Å². The first-order valence-corrected chi connectivity index (χ1v) is 14.1. The van der Waals surface area contributed by atoms with E-state index in [4.69, 9.17) is 11.6 Å². The number of nitrogens with one attached hydrogen (secondary N) is 1. The second kappa shape index (κ2) is 12.7. The first kappa shape index (κ1) is 31.0. The molecule has 3 aromatic rings. The van der Waals surface area contributed by atoms with E-state index >= 15 is 0 Å². The van der Waals surface area contributed by atoms with E-state index in [0.29, 0.717) is 21.0 Å². The number of alkyl halides is 3. The quantitative estimate of drug-likeness (QED) is 0.336. The fraction of sp³-hybridized carbons (Fsp3) is 0.286. The van der Waals surface area contributed by atoms with Crippen LogP contribution in [0, 0.1) is 0 Å². The maximum absolute atomic E-state index is 13.8. The van der Waals surface area contributed by atoms with E-state index in [1.54, 1.807) is 44.2 Å². The normalized spacial score (nSPS) is 12.6. The molecule has 40 heavy (non-hydrogen) atoms. The highest BCUT2D eigenvalue weighted by Gasteiger charge is 2.35. The van der Waals surface area contributed by atoms with Gasteiger partial charge in [0.25, 0.3) is 10.0 Å². The van der Waals surface area contributed by atoms with Crippen molar-refractivity contribution >= 4 is 39.1 Å². The van der Waals surface area contributed by atoms with Crippen LogP contribution < -0.4 is 9.62 Å². The van der Waals surface area contributed by atoms with Crippen LogP contribution in [-0.2, 0) is 32.3 Å².